The molecular formula is C20H27N5O. The number of hydrogen-bond acceptors (Lipinski definition) is 4. The zero-order valence-corrected chi connectivity index (χ0v) is 15.6. The molecule has 26 heavy (non-hydrogen) atoms. The summed E-state index contributed by atoms with van der Waals surface area (Å²) in [6.45, 7) is 8.73. The van der Waals surface area contributed by atoms with Crippen LogP contribution < -0.4 is 5.32 Å². The summed E-state index contributed by atoms with van der Waals surface area (Å²) in [5.74, 6) is 0.881. The third-order valence-corrected chi connectivity index (χ3v) is 6.26. The molecule has 2 aliphatic rings. The lowest BCUT2D eigenvalue weighted by molar-refractivity contribution is -0.129. The number of amides is 1. The Bertz CT molecular complexity index is 838. The van der Waals surface area contributed by atoms with Crippen LogP contribution >= 0.6 is 0 Å². The Morgan fingerprint density at radius 2 is 2.23 bits per heavy atom. The van der Waals surface area contributed by atoms with E-state index in [0.29, 0.717) is 6.54 Å². The summed E-state index contributed by atoms with van der Waals surface area (Å²) >= 11 is 0. The van der Waals surface area contributed by atoms with Crippen LogP contribution in [0, 0.1) is 0 Å². The van der Waals surface area contributed by atoms with Crippen molar-refractivity contribution in [2.24, 2.45) is 0 Å². The number of carbonyl (C=O) groups excluding carboxylic acids is 1. The summed E-state index contributed by atoms with van der Waals surface area (Å²) < 4.78 is 0. The van der Waals surface area contributed by atoms with Gasteiger partial charge in [-0.2, -0.15) is 0 Å². The van der Waals surface area contributed by atoms with Crippen molar-refractivity contribution in [1.82, 2.24) is 19.9 Å². The SMILES string of the molecule is C=CC(=O)N1C[C@H](Nc2ncnc3[nH]cc(C4(C)CCC4)c23)CC[C@@H]1C. The van der Waals surface area contributed by atoms with Gasteiger partial charge in [0.15, 0.2) is 0 Å². The molecule has 0 bridgehead atoms. The minimum absolute atomic E-state index is 0.00106. The average Bonchev–Trinajstić information content (AvgIpc) is 3.06. The number of nitrogens with one attached hydrogen (secondary N) is 2. The van der Waals surface area contributed by atoms with E-state index in [1.165, 1.54) is 30.9 Å². The van der Waals surface area contributed by atoms with Crippen molar-refractivity contribution < 1.29 is 4.79 Å². The van der Waals surface area contributed by atoms with E-state index >= 15 is 0 Å². The maximum Gasteiger partial charge on any atom is 0.246 e. The predicted octanol–water partition coefficient (Wildman–Crippen LogP) is 3.38. The first-order valence-electron chi connectivity index (χ1n) is 9.54. The molecule has 1 aliphatic carbocycles. The van der Waals surface area contributed by atoms with Crippen molar-refractivity contribution in [3.05, 3.63) is 30.7 Å². The number of aromatic nitrogens is 3. The van der Waals surface area contributed by atoms with Crippen molar-refractivity contribution in [3.63, 3.8) is 0 Å². The van der Waals surface area contributed by atoms with E-state index in [2.05, 4.69) is 46.9 Å². The minimum atomic E-state index is 0.00106. The number of rotatable bonds is 4. The van der Waals surface area contributed by atoms with Gasteiger partial charge in [0.25, 0.3) is 0 Å². The monoisotopic (exact) mass is 353 g/mol. The number of hydrogen-bond donors (Lipinski definition) is 2. The highest BCUT2D eigenvalue weighted by atomic mass is 16.2. The fraction of sp³-hybridized carbons (Fsp3) is 0.550. The summed E-state index contributed by atoms with van der Waals surface area (Å²) in [7, 11) is 0. The van der Waals surface area contributed by atoms with Gasteiger partial charge in [-0.1, -0.05) is 19.9 Å². The lowest BCUT2D eigenvalue weighted by Gasteiger charge is -2.39. The molecule has 3 heterocycles. The van der Waals surface area contributed by atoms with Crippen LogP contribution in [0.15, 0.2) is 25.2 Å². The van der Waals surface area contributed by atoms with Crippen LogP contribution in [0.3, 0.4) is 0 Å². The summed E-state index contributed by atoms with van der Waals surface area (Å²) in [6, 6.07) is 0.436. The maximum atomic E-state index is 12.1. The third kappa shape index (κ3) is 2.77. The van der Waals surface area contributed by atoms with Gasteiger partial charge in [0.1, 0.15) is 17.8 Å². The highest BCUT2D eigenvalue weighted by Crippen LogP contribution is 2.46. The molecule has 2 aromatic heterocycles. The largest absolute Gasteiger partial charge is 0.365 e. The highest BCUT2D eigenvalue weighted by Gasteiger charge is 2.37. The van der Waals surface area contributed by atoms with Crippen LogP contribution in [0.5, 0.6) is 0 Å². The molecule has 2 N–H and O–H groups in total. The molecular weight excluding hydrogens is 326 g/mol. The molecule has 138 valence electrons. The first-order chi connectivity index (χ1) is 12.5. The van der Waals surface area contributed by atoms with Gasteiger partial charge in [-0.15, -0.1) is 0 Å². The molecule has 4 rings (SSSR count). The van der Waals surface area contributed by atoms with E-state index in [-0.39, 0.29) is 23.4 Å². The molecule has 0 spiro atoms. The van der Waals surface area contributed by atoms with E-state index in [1.54, 1.807) is 6.33 Å². The van der Waals surface area contributed by atoms with Crippen LogP contribution in [-0.2, 0) is 10.2 Å². The van der Waals surface area contributed by atoms with E-state index in [9.17, 15) is 4.79 Å². The lowest BCUT2D eigenvalue weighted by Crippen LogP contribution is -2.49. The number of likely N-dealkylation sites (tertiary alicyclic amines) is 1. The number of carbonyl (C=O) groups is 1. The zero-order chi connectivity index (χ0) is 18.3. The van der Waals surface area contributed by atoms with E-state index < -0.39 is 0 Å². The second kappa shape index (κ2) is 6.41. The van der Waals surface area contributed by atoms with Crippen LogP contribution in [0.2, 0.25) is 0 Å². The standard InChI is InChI=1S/C20H27N5O/c1-4-16(26)25-11-14(7-6-13(25)2)24-19-17-15(20(3)8-5-9-20)10-21-18(17)22-12-23-19/h4,10,12-14H,1,5-9,11H2,2-3H3,(H2,21,22,23,24)/t13-,14+/m0/s1. The summed E-state index contributed by atoms with van der Waals surface area (Å²) in [5, 5.41) is 4.71. The Labute approximate surface area is 154 Å². The van der Waals surface area contributed by atoms with Crippen LogP contribution in [0.1, 0.15) is 51.5 Å². The van der Waals surface area contributed by atoms with Crippen LogP contribution in [-0.4, -0.2) is 44.4 Å². The van der Waals surface area contributed by atoms with Crippen LogP contribution in [0.25, 0.3) is 11.0 Å². The van der Waals surface area contributed by atoms with E-state index in [0.717, 1.165) is 29.7 Å². The third-order valence-electron chi connectivity index (χ3n) is 6.26. The number of fused-ring (bicyclic) bond motifs is 1. The number of aromatic amines is 1. The van der Waals surface area contributed by atoms with Crippen LogP contribution in [0.4, 0.5) is 5.82 Å². The fourth-order valence-corrected chi connectivity index (χ4v) is 4.37. The molecule has 0 unspecified atom stereocenters. The molecule has 1 amide bonds. The Hall–Kier alpha value is -2.37. The Kier molecular flexibility index (Phi) is 4.21. The molecule has 1 saturated carbocycles. The van der Waals surface area contributed by atoms with E-state index in [4.69, 9.17) is 0 Å². The van der Waals surface area contributed by atoms with E-state index in [1.807, 2.05) is 4.90 Å². The Balaban J connectivity index is 1.62. The van der Waals surface area contributed by atoms with Crippen molar-refractivity contribution in [2.75, 3.05) is 11.9 Å². The van der Waals surface area contributed by atoms with Gasteiger partial charge in [0.2, 0.25) is 5.91 Å². The van der Waals surface area contributed by atoms with Gasteiger partial charge >= 0.3 is 0 Å². The normalized spacial score (nSPS) is 24.9. The lowest BCUT2D eigenvalue weighted by atomic mass is 9.66. The first kappa shape index (κ1) is 17.1. The van der Waals surface area contributed by atoms with Gasteiger partial charge in [-0.3, -0.25) is 4.79 Å². The quantitative estimate of drug-likeness (QED) is 0.827. The van der Waals surface area contributed by atoms with Gasteiger partial charge in [-0.05, 0) is 49.7 Å². The highest BCUT2D eigenvalue weighted by molar-refractivity contribution is 5.91. The summed E-state index contributed by atoms with van der Waals surface area (Å²) in [6.07, 6.45) is 10.8. The number of H-pyrrole nitrogens is 1. The van der Waals surface area contributed by atoms with Gasteiger partial charge in [0.05, 0.1) is 5.39 Å². The average molecular weight is 353 g/mol. The summed E-state index contributed by atoms with van der Waals surface area (Å²) in [4.78, 5) is 26.3. The molecule has 0 radical (unpaired) electrons. The van der Waals surface area contributed by atoms with Gasteiger partial charge in [0, 0.05) is 24.8 Å². The van der Waals surface area contributed by atoms with Crippen molar-refractivity contribution in [1.29, 1.82) is 0 Å². The number of piperidine rings is 1. The predicted molar refractivity (Wildman–Crippen MR) is 103 cm³/mol. The number of anilines is 1. The first-order valence-corrected chi connectivity index (χ1v) is 9.54. The second-order valence-corrected chi connectivity index (χ2v) is 8.02. The van der Waals surface area contributed by atoms with Gasteiger partial charge in [-0.25, -0.2) is 9.97 Å². The minimum Gasteiger partial charge on any atom is -0.365 e. The second-order valence-electron chi connectivity index (χ2n) is 8.02. The summed E-state index contributed by atoms with van der Waals surface area (Å²) in [5.41, 5.74) is 2.41. The molecule has 1 aliphatic heterocycles. The molecule has 1 saturated heterocycles. The Morgan fingerprint density at radius 1 is 1.42 bits per heavy atom. The van der Waals surface area contributed by atoms with Crippen molar-refractivity contribution in [2.45, 2.75) is 63.5 Å². The molecule has 0 aromatic carbocycles. The van der Waals surface area contributed by atoms with Crippen molar-refractivity contribution >= 4 is 22.8 Å². The zero-order valence-electron chi connectivity index (χ0n) is 15.6. The molecule has 2 fully saturated rings. The van der Waals surface area contributed by atoms with Gasteiger partial charge < -0.3 is 15.2 Å². The number of nitrogens with zero attached hydrogens (tertiary/aromatic N) is 3. The molecule has 6 heteroatoms. The smallest absolute Gasteiger partial charge is 0.246 e. The topological polar surface area (TPSA) is 73.9 Å². The molecule has 2 atom stereocenters. The fourth-order valence-electron chi connectivity index (χ4n) is 4.37. The van der Waals surface area contributed by atoms with Crippen molar-refractivity contribution in [3.8, 4) is 0 Å². The maximum absolute atomic E-state index is 12.1. The molecule has 6 nitrogen and oxygen atoms in total. The Morgan fingerprint density at radius 3 is 2.92 bits per heavy atom. The molecule has 2 aromatic rings.